The number of aliphatic hydroxyl groups excluding tert-OH is 1. The highest BCUT2D eigenvalue weighted by molar-refractivity contribution is 5.98. The Morgan fingerprint density at radius 2 is 1.80 bits per heavy atom. The Hall–Kier alpha value is -4.11. The summed E-state index contributed by atoms with van der Waals surface area (Å²) in [4.78, 5) is 40.1. The number of methoxy groups -OCH3 is 1. The summed E-state index contributed by atoms with van der Waals surface area (Å²) in [5.41, 5.74) is 4.67. The zero-order valence-corrected chi connectivity index (χ0v) is 23.9. The maximum atomic E-state index is 13.9. The van der Waals surface area contributed by atoms with Crippen molar-refractivity contribution in [2.24, 2.45) is 5.92 Å². The van der Waals surface area contributed by atoms with Crippen molar-refractivity contribution < 1.29 is 38.8 Å². The number of allylic oxidation sites excluding steroid dienone is 3. The zero-order chi connectivity index (χ0) is 29.7. The van der Waals surface area contributed by atoms with Gasteiger partial charge in [0.05, 0.1) is 19.8 Å². The molecule has 1 saturated heterocycles. The van der Waals surface area contributed by atoms with Gasteiger partial charge in [-0.05, 0) is 57.6 Å². The van der Waals surface area contributed by atoms with Gasteiger partial charge in [-0.15, -0.1) is 0 Å². The smallest absolute Gasteiger partial charge is 0.416 e. The van der Waals surface area contributed by atoms with Crippen LogP contribution in [-0.2, 0) is 33.7 Å². The molecule has 1 fully saturated rings. The van der Waals surface area contributed by atoms with E-state index in [1.807, 2.05) is 57.2 Å². The standard InChI is InChI=1S/C32H37NO8/c1-19(10-11-25-28(35)27-26(18-40-31(27)37)21(3)29(25)39-4)14-23(15-20(2)12-13-34)30(36)33-24(17-41-32(33)38)16-22-8-6-5-7-9-22/h5-10,12,23-24,34-35H,11,13-18H2,1-4H3/b19-10+,20-12+/t23-,24+/m1/s1. The van der Waals surface area contributed by atoms with Crippen molar-refractivity contribution in [1.29, 1.82) is 0 Å². The molecular weight excluding hydrogens is 526 g/mol. The van der Waals surface area contributed by atoms with Gasteiger partial charge in [-0.3, -0.25) is 4.79 Å². The Morgan fingerprint density at radius 1 is 1.12 bits per heavy atom. The van der Waals surface area contributed by atoms with E-state index in [2.05, 4.69) is 0 Å². The average molecular weight is 564 g/mol. The van der Waals surface area contributed by atoms with E-state index in [0.717, 1.165) is 22.3 Å². The van der Waals surface area contributed by atoms with Crippen molar-refractivity contribution in [2.45, 2.75) is 59.1 Å². The van der Waals surface area contributed by atoms with Crippen molar-refractivity contribution in [3.63, 3.8) is 0 Å². The summed E-state index contributed by atoms with van der Waals surface area (Å²) in [6, 6.07) is 9.23. The van der Waals surface area contributed by atoms with Gasteiger partial charge in [-0.25, -0.2) is 14.5 Å². The highest BCUT2D eigenvalue weighted by atomic mass is 16.6. The van der Waals surface area contributed by atoms with Crippen LogP contribution in [0.15, 0.2) is 53.6 Å². The molecule has 0 unspecified atom stereocenters. The number of fused-ring (bicyclic) bond motifs is 1. The minimum absolute atomic E-state index is 0.0910. The second-order valence-corrected chi connectivity index (χ2v) is 10.6. The van der Waals surface area contributed by atoms with Crippen molar-refractivity contribution >= 4 is 18.0 Å². The van der Waals surface area contributed by atoms with Crippen LogP contribution in [0, 0.1) is 12.8 Å². The lowest BCUT2D eigenvalue weighted by Gasteiger charge is -2.26. The molecule has 9 nitrogen and oxygen atoms in total. The number of esters is 1. The molecule has 2 heterocycles. The van der Waals surface area contributed by atoms with Crippen molar-refractivity contribution in [3.8, 4) is 11.5 Å². The van der Waals surface area contributed by atoms with E-state index in [1.54, 1.807) is 6.08 Å². The van der Waals surface area contributed by atoms with E-state index in [9.17, 15) is 24.6 Å². The summed E-state index contributed by atoms with van der Waals surface area (Å²) in [6.07, 6.45) is 4.33. The highest BCUT2D eigenvalue weighted by Gasteiger charge is 2.41. The van der Waals surface area contributed by atoms with Gasteiger partial charge in [-0.1, -0.05) is 53.6 Å². The second kappa shape index (κ2) is 13.0. The van der Waals surface area contributed by atoms with Gasteiger partial charge >= 0.3 is 12.1 Å². The normalized spacial score (nSPS) is 17.8. The number of ether oxygens (including phenoxy) is 3. The SMILES string of the molecule is COc1c(C)c2c(c(O)c1C/C=C(\C)C[C@H](C/C(C)=C/CO)C(=O)N1C(=O)OC[C@@H]1Cc1ccccc1)C(=O)OC2. The minimum Gasteiger partial charge on any atom is -0.507 e. The Labute approximate surface area is 240 Å². The molecule has 0 radical (unpaired) electrons. The summed E-state index contributed by atoms with van der Waals surface area (Å²) in [7, 11) is 1.51. The molecule has 0 aliphatic carbocycles. The molecule has 0 spiro atoms. The van der Waals surface area contributed by atoms with Crippen LogP contribution in [0.4, 0.5) is 4.79 Å². The molecule has 0 saturated carbocycles. The largest absolute Gasteiger partial charge is 0.507 e. The topological polar surface area (TPSA) is 123 Å². The third-order valence-electron chi connectivity index (χ3n) is 7.74. The number of hydrogen-bond acceptors (Lipinski definition) is 8. The number of phenols is 1. The molecule has 4 rings (SSSR count). The summed E-state index contributed by atoms with van der Waals surface area (Å²) in [5.74, 6) is -1.15. The summed E-state index contributed by atoms with van der Waals surface area (Å²) >= 11 is 0. The number of carbonyl (C=O) groups excluding carboxylic acids is 3. The van der Waals surface area contributed by atoms with Crippen LogP contribution in [0.25, 0.3) is 0 Å². The van der Waals surface area contributed by atoms with E-state index >= 15 is 0 Å². The molecule has 2 atom stereocenters. The molecule has 2 aromatic carbocycles. The number of imide groups is 1. The molecule has 0 bridgehead atoms. The molecule has 218 valence electrons. The number of carbonyl (C=O) groups is 3. The molecule has 9 heteroatoms. The Balaban J connectivity index is 1.58. The summed E-state index contributed by atoms with van der Waals surface area (Å²) in [5, 5.41) is 20.3. The second-order valence-electron chi connectivity index (χ2n) is 10.6. The predicted molar refractivity (Wildman–Crippen MR) is 152 cm³/mol. The number of nitrogens with zero attached hydrogens (tertiary/aromatic N) is 1. The number of hydrogen-bond donors (Lipinski definition) is 2. The molecule has 2 aromatic rings. The number of amides is 2. The van der Waals surface area contributed by atoms with E-state index in [1.165, 1.54) is 12.0 Å². The lowest BCUT2D eigenvalue weighted by Crippen LogP contribution is -2.43. The minimum atomic E-state index is -0.651. The first-order valence-corrected chi connectivity index (χ1v) is 13.7. The van der Waals surface area contributed by atoms with Crippen LogP contribution >= 0.6 is 0 Å². The number of rotatable bonds is 11. The van der Waals surface area contributed by atoms with Crippen LogP contribution in [0.5, 0.6) is 11.5 Å². The van der Waals surface area contributed by atoms with Gasteiger partial charge in [0.25, 0.3) is 0 Å². The first kappa shape index (κ1) is 29.9. The Morgan fingerprint density at radius 3 is 2.46 bits per heavy atom. The van der Waals surface area contributed by atoms with E-state index < -0.39 is 24.0 Å². The average Bonchev–Trinajstić information content (AvgIpc) is 3.52. The maximum absolute atomic E-state index is 13.9. The van der Waals surface area contributed by atoms with E-state index in [-0.39, 0.29) is 43.5 Å². The van der Waals surface area contributed by atoms with Gasteiger partial charge in [0.2, 0.25) is 5.91 Å². The molecule has 2 aliphatic rings. The third-order valence-corrected chi connectivity index (χ3v) is 7.74. The van der Waals surface area contributed by atoms with Crippen molar-refractivity contribution in [3.05, 3.63) is 81.4 Å². The first-order valence-electron chi connectivity index (χ1n) is 13.7. The number of cyclic esters (lactones) is 2. The maximum Gasteiger partial charge on any atom is 0.416 e. The Bertz CT molecular complexity index is 1380. The van der Waals surface area contributed by atoms with Gasteiger partial charge in [0.1, 0.15) is 30.3 Å². The van der Waals surface area contributed by atoms with Gasteiger partial charge in [0, 0.05) is 17.0 Å². The quantitative estimate of drug-likeness (QED) is 0.296. The lowest BCUT2D eigenvalue weighted by molar-refractivity contribution is -0.133. The first-order chi connectivity index (χ1) is 19.7. The van der Waals surface area contributed by atoms with Crippen LogP contribution in [-0.4, -0.2) is 59.4 Å². The van der Waals surface area contributed by atoms with Crippen molar-refractivity contribution in [2.75, 3.05) is 20.3 Å². The molecule has 41 heavy (non-hydrogen) atoms. The lowest BCUT2D eigenvalue weighted by atomic mass is 9.90. The number of aliphatic hydroxyl groups is 1. The Kier molecular flexibility index (Phi) is 9.50. The fraction of sp³-hybridized carbons (Fsp3) is 0.406. The van der Waals surface area contributed by atoms with E-state index in [4.69, 9.17) is 14.2 Å². The number of aromatic hydroxyl groups is 1. The fourth-order valence-electron chi connectivity index (χ4n) is 5.61. The van der Waals surface area contributed by atoms with Gasteiger partial charge in [0.15, 0.2) is 0 Å². The molecule has 0 aromatic heterocycles. The van der Waals surface area contributed by atoms with Crippen LogP contribution in [0.1, 0.15) is 59.3 Å². The molecule has 2 amide bonds. The molecule has 2 N–H and O–H groups in total. The third kappa shape index (κ3) is 6.46. The van der Waals surface area contributed by atoms with E-state index in [0.29, 0.717) is 36.1 Å². The number of phenolic OH excluding ortho intramolecular Hbond substituents is 1. The van der Waals surface area contributed by atoms with Crippen molar-refractivity contribution in [1.82, 2.24) is 4.90 Å². The van der Waals surface area contributed by atoms with Gasteiger partial charge in [-0.2, -0.15) is 0 Å². The van der Waals surface area contributed by atoms with Crippen LogP contribution < -0.4 is 4.74 Å². The predicted octanol–water partition coefficient (Wildman–Crippen LogP) is 4.79. The number of benzene rings is 2. The van der Waals surface area contributed by atoms with Gasteiger partial charge < -0.3 is 24.4 Å². The monoisotopic (exact) mass is 563 g/mol. The summed E-state index contributed by atoms with van der Waals surface area (Å²) in [6.45, 7) is 5.62. The molecular formula is C32H37NO8. The fourth-order valence-corrected chi connectivity index (χ4v) is 5.61. The summed E-state index contributed by atoms with van der Waals surface area (Å²) < 4.78 is 16.0. The molecule has 2 aliphatic heterocycles. The van der Waals surface area contributed by atoms with Crippen LogP contribution in [0.3, 0.4) is 0 Å². The zero-order valence-electron chi connectivity index (χ0n) is 23.9. The highest BCUT2D eigenvalue weighted by Crippen LogP contribution is 2.42. The van der Waals surface area contributed by atoms with Crippen LogP contribution in [0.2, 0.25) is 0 Å².